The van der Waals surface area contributed by atoms with E-state index in [9.17, 15) is 8.78 Å². The van der Waals surface area contributed by atoms with E-state index >= 15 is 0 Å². The van der Waals surface area contributed by atoms with Crippen LogP contribution in [0.5, 0.6) is 0 Å². The molecular formula is C19H18F2N4. The minimum atomic E-state index is -0.528. The average Bonchev–Trinajstić information content (AvgIpc) is 3.13. The van der Waals surface area contributed by atoms with E-state index in [0.717, 1.165) is 49.1 Å². The molecule has 0 radical (unpaired) electrons. The van der Waals surface area contributed by atoms with Gasteiger partial charge in [-0.2, -0.15) is 5.10 Å². The molecule has 128 valence electrons. The summed E-state index contributed by atoms with van der Waals surface area (Å²) in [5.74, 6) is 0.115. The van der Waals surface area contributed by atoms with Gasteiger partial charge >= 0.3 is 0 Å². The largest absolute Gasteiger partial charge is 0.357 e. The number of piperidine rings is 1. The fraction of sp³-hybridized carbons (Fsp3) is 0.263. The zero-order valence-corrected chi connectivity index (χ0v) is 13.6. The Labute approximate surface area is 144 Å². The molecule has 0 aliphatic carbocycles. The summed E-state index contributed by atoms with van der Waals surface area (Å²) in [4.78, 5) is 6.23. The summed E-state index contributed by atoms with van der Waals surface area (Å²) in [5.41, 5.74) is 2.51. The van der Waals surface area contributed by atoms with Gasteiger partial charge in [0.05, 0.1) is 5.69 Å². The van der Waals surface area contributed by atoms with E-state index in [2.05, 4.69) is 20.1 Å². The van der Waals surface area contributed by atoms with Crippen LogP contribution in [0.2, 0.25) is 0 Å². The second-order valence-electron chi connectivity index (χ2n) is 6.30. The zero-order chi connectivity index (χ0) is 17.2. The van der Waals surface area contributed by atoms with Crippen molar-refractivity contribution < 1.29 is 8.78 Å². The van der Waals surface area contributed by atoms with E-state index < -0.39 is 11.6 Å². The monoisotopic (exact) mass is 340 g/mol. The number of hydrogen-bond donors (Lipinski definition) is 1. The van der Waals surface area contributed by atoms with Crippen LogP contribution in [-0.2, 0) is 0 Å². The number of hydrogen-bond acceptors (Lipinski definition) is 3. The lowest BCUT2D eigenvalue weighted by Gasteiger charge is -2.32. The topological polar surface area (TPSA) is 44.8 Å². The molecule has 3 aromatic rings. The molecule has 0 spiro atoms. The molecule has 1 fully saturated rings. The number of rotatable bonds is 3. The maximum Gasteiger partial charge on any atom is 0.129 e. The molecule has 25 heavy (non-hydrogen) atoms. The van der Waals surface area contributed by atoms with Crippen LogP contribution in [0.4, 0.5) is 14.6 Å². The van der Waals surface area contributed by atoms with Gasteiger partial charge < -0.3 is 4.90 Å². The minimum Gasteiger partial charge on any atom is -0.357 e. The van der Waals surface area contributed by atoms with Crippen LogP contribution in [-0.4, -0.2) is 28.3 Å². The molecule has 2 aromatic heterocycles. The molecule has 0 saturated carbocycles. The Bertz CT molecular complexity index is 855. The number of aromatic nitrogens is 3. The van der Waals surface area contributed by atoms with E-state index in [1.54, 1.807) is 18.5 Å². The number of benzene rings is 1. The number of pyridine rings is 1. The lowest BCUT2D eigenvalue weighted by atomic mass is 9.89. The van der Waals surface area contributed by atoms with Crippen molar-refractivity contribution in [2.24, 2.45) is 0 Å². The summed E-state index contributed by atoms with van der Waals surface area (Å²) >= 11 is 0. The van der Waals surface area contributed by atoms with Gasteiger partial charge in [-0.1, -0.05) is 6.07 Å². The van der Waals surface area contributed by atoms with Gasteiger partial charge in [0, 0.05) is 43.2 Å². The molecule has 1 aromatic carbocycles. The lowest BCUT2D eigenvalue weighted by Crippen LogP contribution is -2.33. The van der Waals surface area contributed by atoms with Crippen molar-refractivity contribution in [2.75, 3.05) is 18.0 Å². The van der Waals surface area contributed by atoms with Crippen LogP contribution in [0.15, 0.2) is 48.8 Å². The van der Waals surface area contributed by atoms with Gasteiger partial charge in [-0.25, -0.2) is 8.78 Å². The maximum absolute atomic E-state index is 14.0. The Hall–Kier alpha value is -2.76. The number of nitrogens with zero attached hydrogens (tertiary/aromatic N) is 3. The predicted molar refractivity (Wildman–Crippen MR) is 92.4 cm³/mol. The summed E-state index contributed by atoms with van der Waals surface area (Å²) < 4.78 is 27.0. The average molecular weight is 340 g/mol. The highest BCUT2D eigenvalue weighted by atomic mass is 19.1. The standard InChI is InChI=1S/C19H18F2N4/c20-15-1-2-16(17(21)11-15)13-5-9-25(10-6-13)19-12-18(23-24-19)14-3-7-22-8-4-14/h1-4,7-8,11-13H,5-6,9-10H2,(H,23,24). The van der Waals surface area contributed by atoms with E-state index in [4.69, 9.17) is 0 Å². The normalized spacial score (nSPS) is 15.5. The van der Waals surface area contributed by atoms with E-state index in [1.165, 1.54) is 6.07 Å². The molecule has 1 N–H and O–H groups in total. The van der Waals surface area contributed by atoms with Gasteiger partial charge in [0.1, 0.15) is 17.5 Å². The zero-order valence-electron chi connectivity index (χ0n) is 13.6. The first kappa shape index (κ1) is 15.7. The van der Waals surface area contributed by atoms with Gasteiger partial charge in [0.25, 0.3) is 0 Å². The van der Waals surface area contributed by atoms with E-state index in [1.807, 2.05) is 18.2 Å². The Morgan fingerprint density at radius 1 is 1.00 bits per heavy atom. The van der Waals surface area contributed by atoms with Crippen molar-refractivity contribution in [3.05, 3.63) is 66.0 Å². The van der Waals surface area contributed by atoms with Crippen LogP contribution < -0.4 is 4.90 Å². The van der Waals surface area contributed by atoms with E-state index in [0.29, 0.717) is 5.56 Å². The van der Waals surface area contributed by atoms with Crippen LogP contribution in [0.1, 0.15) is 24.3 Å². The van der Waals surface area contributed by atoms with Crippen LogP contribution in [0.25, 0.3) is 11.3 Å². The lowest BCUT2D eigenvalue weighted by molar-refractivity contribution is 0.475. The SMILES string of the molecule is Fc1ccc(C2CCN(c3cc(-c4ccncc4)n[nH]3)CC2)c(F)c1. The molecule has 3 heterocycles. The first-order chi connectivity index (χ1) is 12.2. The molecule has 1 saturated heterocycles. The predicted octanol–water partition coefficient (Wildman–Crippen LogP) is 4.13. The quantitative estimate of drug-likeness (QED) is 0.779. The van der Waals surface area contributed by atoms with Gasteiger partial charge in [-0.15, -0.1) is 0 Å². The Morgan fingerprint density at radius 2 is 1.76 bits per heavy atom. The van der Waals surface area contributed by atoms with Crippen molar-refractivity contribution in [1.29, 1.82) is 0 Å². The molecule has 1 aliphatic heterocycles. The van der Waals surface area contributed by atoms with Crippen molar-refractivity contribution in [2.45, 2.75) is 18.8 Å². The fourth-order valence-electron chi connectivity index (χ4n) is 3.41. The molecule has 0 unspecified atom stereocenters. The Kier molecular flexibility index (Phi) is 4.17. The van der Waals surface area contributed by atoms with Gasteiger partial charge in [0.15, 0.2) is 0 Å². The summed E-state index contributed by atoms with van der Waals surface area (Å²) in [7, 11) is 0. The number of aromatic amines is 1. The first-order valence-electron chi connectivity index (χ1n) is 8.36. The summed E-state index contributed by atoms with van der Waals surface area (Å²) in [5, 5.41) is 7.45. The summed E-state index contributed by atoms with van der Waals surface area (Å²) in [6.45, 7) is 1.61. The number of anilines is 1. The molecular weight excluding hydrogens is 322 g/mol. The smallest absolute Gasteiger partial charge is 0.129 e. The third-order valence-electron chi connectivity index (χ3n) is 4.78. The van der Waals surface area contributed by atoms with Gasteiger partial charge in [0.2, 0.25) is 0 Å². The molecule has 6 heteroatoms. The van der Waals surface area contributed by atoms with Crippen molar-refractivity contribution in [1.82, 2.24) is 15.2 Å². The summed E-state index contributed by atoms with van der Waals surface area (Å²) in [6, 6.07) is 9.74. The fourth-order valence-corrected chi connectivity index (χ4v) is 3.41. The van der Waals surface area contributed by atoms with Gasteiger partial charge in [-0.05, 0) is 42.5 Å². The van der Waals surface area contributed by atoms with Crippen LogP contribution in [0.3, 0.4) is 0 Å². The highest BCUT2D eigenvalue weighted by Gasteiger charge is 2.24. The van der Waals surface area contributed by atoms with Crippen LogP contribution in [0, 0.1) is 11.6 Å². The van der Waals surface area contributed by atoms with E-state index in [-0.39, 0.29) is 5.92 Å². The first-order valence-corrected chi connectivity index (χ1v) is 8.36. The third-order valence-corrected chi connectivity index (χ3v) is 4.78. The molecule has 0 amide bonds. The maximum atomic E-state index is 14.0. The number of halogens is 2. The van der Waals surface area contributed by atoms with Crippen LogP contribution >= 0.6 is 0 Å². The van der Waals surface area contributed by atoms with Gasteiger partial charge in [-0.3, -0.25) is 10.1 Å². The minimum absolute atomic E-state index is 0.124. The molecule has 0 atom stereocenters. The highest BCUT2D eigenvalue weighted by molar-refractivity contribution is 5.62. The molecule has 1 aliphatic rings. The van der Waals surface area contributed by atoms with Crippen molar-refractivity contribution >= 4 is 5.82 Å². The van der Waals surface area contributed by atoms with Crippen molar-refractivity contribution in [3.8, 4) is 11.3 Å². The van der Waals surface area contributed by atoms with Crippen molar-refractivity contribution in [3.63, 3.8) is 0 Å². The molecule has 4 rings (SSSR count). The molecule has 4 nitrogen and oxygen atoms in total. The second kappa shape index (κ2) is 6.63. The highest BCUT2D eigenvalue weighted by Crippen LogP contribution is 2.32. The third kappa shape index (κ3) is 3.24. The molecule has 0 bridgehead atoms. The number of nitrogens with one attached hydrogen (secondary N) is 1. The Balaban J connectivity index is 1.45. The summed E-state index contributed by atoms with van der Waals surface area (Å²) in [6.07, 6.45) is 5.14. The second-order valence-corrected chi connectivity index (χ2v) is 6.30. The Morgan fingerprint density at radius 3 is 2.48 bits per heavy atom. The number of H-pyrrole nitrogens is 1.